The first kappa shape index (κ1) is 18.4. The van der Waals surface area contributed by atoms with Crippen LogP contribution in [0.5, 0.6) is 0 Å². The van der Waals surface area contributed by atoms with E-state index in [0.29, 0.717) is 35.1 Å². The number of nitrogens with zero attached hydrogens (tertiary/aromatic N) is 3. The first-order valence-electron chi connectivity index (χ1n) is 9.25. The van der Waals surface area contributed by atoms with Gasteiger partial charge in [0.2, 0.25) is 0 Å². The summed E-state index contributed by atoms with van der Waals surface area (Å²) in [6.07, 6.45) is 6.19. The fraction of sp³-hybridized carbons (Fsp3) is 0.579. The minimum atomic E-state index is -1.19. The van der Waals surface area contributed by atoms with E-state index < -0.39 is 11.5 Å². The largest absolute Gasteiger partial charge is 0.480 e. The molecule has 0 aliphatic heterocycles. The Morgan fingerprint density at radius 3 is 2.46 bits per heavy atom. The molecule has 2 N–H and O–H groups in total. The number of carbonyl (C=O) groups is 2. The highest BCUT2D eigenvalue weighted by atomic mass is 16.4. The molecule has 1 saturated carbocycles. The second-order valence-corrected chi connectivity index (χ2v) is 7.49. The highest BCUT2D eigenvalue weighted by molar-refractivity contribution is 6.07. The summed E-state index contributed by atoms with van der Waals surface area (Å²) in [6.45, 7) is 5.83. The molecule has 1 aliphatic carbocycles. The Morgan fingerprint density at radius 1 is 1.23 bits per heavy atom. The average molecular weight is 358 g/mol. The van der Waals surface area contributed by atoms with Gasteiger partial charge in [-0.25, -0.2) is 14.5 Å². The average Bonchev–Trinajstić information content (AvgIpc) is 2.85. The molecule has 2 aromatic heterocycles. The van der Waals surface area contributed by atoms with Crippen molar-refractivity contribution in [2.75, 3.05) is 0 Å². The molecule has 3 rings (SSSR count). The van der Waals surface area contributed by atoms with E-state index in [1.54, 1.807) is 16.9 Å². The van der Waals surface area contributed by atoms with Gasteiger partial charge in [-0.05, 0) is 39.7 Å². The summed E-state index contributed by atoms with van der Waals surface area (Å²) in [4.78, 5) is 29.5. The van der Waals surface area contributed by atoms with E-state index in [9.17, 15) is 14.7 Å². The van der Waals surface area contributed by atoms with Crippen LogP contribution in [-0.2, 0) is 4.79 Å². The second-order valence-electron chi connectivity index (χ2n) is 7.49. The molecule has 1 aliphatic rings. The van der Waals surface area contributed by atoms with Crippen LogP contribution in [0.15, 0.2) is 12.3 Å². The zero-order chi connectivity index (χ0) is 18.9. The third kappa shape index (κ3) is 3.30. The third-order valence-corrected chi connectivity index (χ3v) is 5.15. The van der Waals surface area contributed by atoms with Gasteiger partial charge in [-0.1, -0.05) is 25.7 Å². The number of aromatic nitrogens is 3. The molecule has 140 valence electrons. The molecule has 0 aromatic carbocycles. The number of pyridine rings is 1. The van der Waals surface area contributed by atoms with Crippen LogP contribution in [0.2, 0.25) is 0 Å². The third-order valence-electron chi connectivity index (χ3n) is 5.15. The molecule has 0 radical (unpaired) electrons. The summed E-state index contributed by atoms with van der Waals surface area (Å²) < 4.78 is 1.78. The van der Waals surface area contributed by atoms with E-state index in [1.807, 2.05) is 20.8 Å². The van der Waals surface area contributed by atoms with Crippen LogP contribution >= 0.6 is 0 Å². The second kappa shape index (κ2) is 7.05. The van der Waals surface area contributed by atoms with E-state index in [-0.39, 0.29) is 11.9 Å². The SMILES string of the molecule is Cc1cc(C(=O)NC2(C(=O)O)CCCCCC2)c2cnn(C(C)C)c2n1. The summed E-state index contributed by atoms with van der Waals surface area (Å²) in [6, 6.07) is 1.82. The molecule has 2 aromatic rings. The van der Waals surface area contributed by atoms with Gasteiger partial charge in [-0.2, -0.15) is 5.10 Å². The Morgan fingerprint density at radius 2 is 1.88 bits per heavy atom. The molecule has 0 unspecified atom stereocenters. The predicted octanol–water partition coefficient (Wildman–Crippen LogP) is 3.23. The van der Waals surface area contributed by atoms with Crippen molar-refractivity contribution < 1.29 is 14.7 Å². The number of amides is 1. The lowest BCUT2D eigenvalue weighted by atomic mass is 9.89. The van der Waals surface area contributed by atoms with E-state index in [0.717, 1.165) is 25.7 Å². The first-order chi connectivity index (χ1) is 12.3. The fourth-order valence-corrected chi connectivity index (χ4v) is 3.72. The molecular formula is C19H26N4O3. The van der Waals surface area contributed by atoms with Crippen LogP contribution in [0.4, 0.5) is 0 Å². The van der Waals surface area contributed by atoms with Crippen LogP contribution in [-0.4, -0.2) is 37.3 Å². The number of carboxylic acid groups (broad SMARTS) is 1. The van der Waals surface area contributed by atoms with E-state index in [1.165, 1.54) is 0 Å². The molecule has 0 bridgehead atoms. The van der Waals surface area contributed by atoms with E-state index in [4.69, 9.17) is 0 Å². The lowest BCUT2D eigenvalue weighted by Crippen LogP contribution is -2.54. The maximum Gasteiger partial charge on any atom is 0.329 e. The molecule has 2 heterocycles. The Bertz CT molecular complexity index is 833. The summed E-state index contributed by atoms with van der Waals surface area (Å²) in [5, 5.41) is 17.7. The normalized spacial score (nSPS) is 17.2. The molecule has 0 saturated heterocycles. The molecule has 1 fully saturated rings. The summed E-state index contributed by atoms with van der Waals surface area (Å²) in [5.74, 6) is -1.32. The zero-order valence-corrected chi connectivity index (χ0v) is 15.6. The molecule has 7 nitrogen and oxygen atoms in total. The molecule has 0 atom stereocenters. The van der Waals surface area contributed by atoms with Gasteiger partial charge in [0.1, 0.15) is 5.54 Å². The summed E-state index contributed by atoms with van der Waals surface area (Å²) in [7, 11) is 0. The number of fused-ring (bicyclic) bond motifs is 1. The number of nitrogens with one attached hydrogen (secondary N) is 1. The minimum Gasteiger partial charge on any atom is -0.480 e. The highest BCUT2D eigenvalue weighted by Gasteiger charge is 2.40. The van der Waals surface area contributed by atoms with Crippen molar-refractivity contribution in [3.63, 3.8) is 0 Å². The van der Waals surface area contributed by atoms with Gasteiger partial charge in [-0.3, -0.25) is 4.79 Å². The number of carbonyl (C=O) groups excluding carboxylic acids is 1. The number of hydrogen-bond acceptors (Lipinski definition) is 4. The zero-order valence-electron chi connectivity index (χ0n) is 15.6. The Labute approximate surface area is 152 Å². The highest BCUT2D eigenvalue weighted by Crippen LogP contribution is 2.29. The fourth-order valence-electron chi connectivity index (χ4n) is 3.72. The molecular weight excluding hydrogens is 332 g/mol. The molecule has 26 heavy (non-hydrogen) atoms. The van der Waals surface area contributed by atoms with Gasteiger partial charge in [0.25, 0.3) is 5.91 Å². The van der Waals surface area contributed by atoms with Crippen molar-refractivity contribution in [1.82, 2.24) is 20.1 Å². The molecule has 7 heteroatoms. The standard InChI is InChI=1S/C19H26N4O3/c1-12(2)23-16-15(11-20-23)14(10-13(3)21-16)17(24)22-19(18(25)26)8-6-4-5-7-9-19/h10-12H,4-9H2,1-3H3,(H,22,24)(H,25,26). The number of hydrogen-bond donors (Lipinski definition) is 2. The van der Waals surface area contributed by atoms with Crippen molar-refractivity contribution in [3.8, 4) is 0 Å². The summed E-state index contributed by atoms with van der Waals surface area (Å²) in [5.41, 5.74) is 0.598. The maximum absolute atomic E-state index is 13.0. The van der Waals surface area contributed by atoms with Gasteiger partial charge in [0.15, 0.2) is 5.65 Å². The minimum absolute atomic E-state index is 0.116. The van der Waals surface area contributed by atoms with Crippen molar-refractivity contribution in [1.29, 1.82) is 0 Å². The monoisotopic (exact) mass is 358 g/mol. The predicted molar refractivity (Wildman–Crippen MR) is 98.2 cm³/mol. The van der Waals surface area contributed by atoms with Crippen molar-refractivity contribution in [3.05, 3.63) is 23.5 Å². The van der Waals surface area contributed by atoms with E-state index in [2.05, 4.69) is 15.4 Å². The van der Waals surface area contributed by atoms with Gasteiger partial charge >= 0.3 is 5.97 Å². The van der Waals surface area contributed by atoms with Gasteiger partial charge < -0.3 is 10.4 Å². The Hall–Kier alpha value is -2.44. The number of aliphatic carboxylic acids is 1. The molecule has 0 spiro atoms. The smallest absolute Gasteiger partial charge is 0.329 e. The lowest BCUT2D eigenvalue weighted by Gasteiger charge is -2.29. The van der Waals surface area contributed by atoms with Gasteiger partial charge in [0, 0.05) is 11.7 Å². The first-order valence-corrected chi connectivity index (χ1v) is 9.25. The van der Waals surface area contributed by atoms with Crippen LogP contribution in [0.25, 0.3) is 11.0 Å². The van der Waals surface area contributed by atoms with Crippen LogP contribution in [0, 0.1) is 6.92 Å². The lowest BCUT2D eigenvalue weighted by molar-refractivity contribution is -0.145. The quantitative estimate of drug-likeness (QED) is 0.818. The van der Waals surface area contributed by atoms with Crippen LogP contribution in [0.1, 0.15) is 74.5 Å². The Kier molecular flexibility index (Phi) is 4.98. The maximum atomic E-state index is 13.0. The van der Waals surface area contributed by atoms with E-state index >= 15 is 0 Å². The van der Waals surface area contributed by atoms with Gasteiger partial charge in [-0.15, -0.1) is 0 Å². The topological polar surface area (TPSA) is 97.1 Å². The van der Waals surface area contributed by atoms with Crippen LogP contribution in [0.3, 0.4) is 0 Å². The van der Waals surface area contributed by atoms with Crippen LogP contribution < -0.4 is 5.32 Å². The summed E-state index contributed by atoms with van der Waals surface area (Å²) >= 11 is 0. The van der Waals surface area contributed by atoms with Crippen molar-refractivity contribution in [2.24, 2.45) is 0 Å². The molecule has 1 amide bonds. The van der Waals surface area contributed by atoms with Crippen molar-refractivity contribution >= 4 is 22.9 Å². The number of aryl methyl sites for hydroxylation is 1. The number of carboxylic acids is 1. The number of rotatable bonds is 4. The van der Waals surface area contributed by atoms with Gasteiger partial charge in [0.05, 0.1) is 17.1 Å². The Balaban J connectivity index is 2.00. The van der Waals surface area contributed by atoms with Crippen molar-refractivity contribution in [2.45, 2.75) is 70.9 Å².